The van der Waals surface area contributed by atoms with Crippen LogP contribution in [-0.2, 0) is 0 Å². The molecule has 0 spiro atoms. The van der Waals surface area contributed by atoms with Gasteiger partial charge in [-0.3, -0.25) is 9.89 Å². The molecule has 2 aromatic heterocycles. The van der Waals surface area contributed by atoms with Crippen molar-refractivity contribution in [3.8, 4) is 17.0 Å². The lowest BCUT2D eigenvalue weighted by Crippen LogP contribution is -2.33. The van der Waals surface area contributed by atoms with Gasteiger partial charge in [0.15, 0.2) is 0 Å². The zero-order chi connectivity index (χ0) is 18.6. The summed E-state index contributed by atoms with van der Waals surface area (Å²) < 4.78 is 5.27. The highest BCUT2D eigenvalue weighted by Gasteiger charge is 2.24. The lowest BCUT2D eigenvalue weighted by atomic mass is 10.1. The number of aromatic amines is 1. The van der Waals surface area contributed by atoms with Crippen LogP contribution in [0.5, 0.6) is 5.75 Å². The lowest BCUT2D eigenvalue weighted by Gasteiger charge is -2.19. The molecule has 7 heteroatoms. The van der Waals surface area contributed by atoms with Crippen LogP contribution in [0.25, 0.3) is 11.3 Å². The molecule has 1 unspecified atom stereocenters. The Morgan fingerprint density at radius 1 is 1.26 bits per heavy atom. The highest BCUT2D eigenvalue weighted by molar-refractivity contribution is 7.99. The van der Waals surface area contributed by atoms with E-state index < -0.39 is 0 Å². The first-order valence-corrected chi connectivity index (χ1v) is 10.8. The van der Waals surface area contributed by atoms with Crippen molar-refractivity contribution in [2.75, 3.05) is 26.0 Å². The van der Waals surface area contributed by atoms with Gasteiger partial charge < -0.3 is 9.64 Å². The zero-order valence-electron chi connectivity index (χ0n) is 15.1. The number of thioether (sulfide) groups is 1. The van der Waals surface area contributed by atoms with Gasteiger partial charge in [-0.25, -0.2) is 0 Å². The van der Waals surface area contributed by atoms with Gasteiger partial charge in [0.1, 0.15) is 11.4 Å². The molecular weight excluding hydrogens is 378 g/mol. The number of aromatic nitrogens is 2. The van der Waals surface area contributed by atoms with Gasteiger partial charge in [0.05, 0.1) is 12.8 Å². The lowest BCUT2D eigenvalue weighted by molar-refractivity contribution is 0.0761. The first kappa shape index (κ1) is 18.1. The van der Waals surface area contributed by atoms with Crippen molar-refractivity contribution >= 4 is 29.0 Å². The number of nitrogens with zero attached hydrogens (tertiary/aromatic N) is 2. The molecule has 27 heavy (non-hydrogen) atoms. The average Bonchev–Trinajstić information content (AvgIpc) is 3.36. The molecule has 1 aliphatic heterocycles. The van der Waals surface area contributed by atoms with Crippen LogP contribution in [0.3, 0.4) is 0 Å². The predicted molar refractivity (Wildman–Crippen MR) is 111 cm³/mol. The van der Waals surface area contributed by atoms with Crippen molar-refractivity contribution < 1.29 is 9.53 Å². The Morgan fingerprint density at radius 3 is 3.00 bits per heavy atom. The van der Waals surface area contributed by atoms with Gasteiger partial charge in [0, 0.05) is 34.5 Å². The molecule has 5 nitrogen and oxygen atoms in total. The number of thiophene rings is 1. The normalized spacial score (nSPS) is 17.5. The molecule has 3 heterocycles. The van der Waals surface area contributed by atoms with Crippen LogP contribution < -0.4 is 4.74 Å². The Bertz CT molecular complexity index is 908. The molecule has 1 N–H and O–H groups in total. The predicted octanol–water partition coefficient (Wildman–Crippen LogP) is 4.47. The number of benzene rings is 1. The van der Waals surface area contributed by atoms with Crippen LogP contribution in [0.2, 0.25) is 0 Å². The van der Waals surface area contributed by atoms with Crippen LogP contribution in [0, 0.1) is 0 Å². The van der Waals surface area contributed by atoms with Gasteiger partial charge in [-0.2, -0.15) is 16.9 Å². The summed E-state index contributed by atoms with van der Waals surface area (Å²) in [7, 11) is 1.64. The third-order valence-electron chi connectivity index (χ3n) is 4.66. The number of nitrogens with one attached hydrogen (secondary N) is 1. The van der Waals surface area contributed by atoms with Gasteiger partial charge in [-0.1, -0.05) is 18.2 Å². The number of carbonyl (C=O) groups excluding carboxylic acids is 1. The third kappa shape index (κ3) is 4.04. The second-order valence-electron chi connectivity index (χ2n) is 6.35. The summed E-state index contributed by atoms with van der Waals surface area (Å²) >= 11 is 3.74. The monoisotopic (exact) mass is 399 g/mol. The summed E-state index contributed by atoms with van der Waals surface area (Å²) in [5, 5.41) is 9.84. The fourth-order valence-electron chi connectivity index (χ4n) is 3.21. The van der Waals surface area contributed by atoms with E-state index in [1.54, 1.807) is 18.4 Å². The topological polar surface area (TPSA) is 58.2 Å². The van der Waals surface area contributed by atoms with Crippen molar-refractivity contribution in [3.63, 3.8) is 0 Å². The Labute approximate surface area is 166 Å². The number of rotatable bonds is 4. The van der Waals surface area contributed by atoms with E-state index >= 15 is 0 Å². The number of hydrogen-bond acceptors (Lipinski definition) is 5. The van der Waals surface area contributed by atoms with E-state index in [-0.39, 0.29) is 5.91 Å². The third-order valence-corrected chi connectivity index (χ3v) is 7.11. The second-order valence-corrected chi connectivity index (χ2v) is 8.64. The fourth-order valence-corrected chi connectivity index (χ4v) is 5.44. The maximum Gasteiger partial charge on any atom is 0.271 e. The Morgan fingerprint density at radius 2 is 2.19 bits per heavy atom. The minimum absolute atomic E-state index is 0.0177. The Hall–Kier alpha value is -2.25. The number of methoxy groups -OCH3 is 1. The van der Waals surface area contributed by atoms with E-state index in [4.69, 9.17) is 4.74 Å². The minimum atomic E-state index is 0.0177. The van der Waals surface area contributed by atoms with Crippen LogP contribution in [0.15, 0.2) is 47.8 Å². The molecule has 1 aromatic carbocycles. The van der Waals surface area contributed by atoms with Crippen LogP contribution in [-0.4, -0.2) is 47.0 Å². The van der Waals surface area contributed by atoms with Crippen LogP contribution in [0.4, 0.5) is 0 Å². The van der Waals surface area contributed by atoms with E-state index in [0.29, 0.717) is 10.9 Å². The highest BCUT2D eigenvalue weighted by Crippen LogP contribution is 2.37. The molecule has 0 aliphatic carbocycles. The van der Waals surface area contributed by atoms with Gasteiger partial charge in [0.2, 0.25) is 0 Å². The molecule has 0 saturated carbocycles. The first-order chi connectivity index (χ1) is 13.2. The zero-order valence-corrected chi connectivity index (χ0v) is 16.7. The molecule has 1 atom stereocenters. The van der Waals surface area contributed by atoms with E-state index in [2.05, 4.69) is 27.7 Å². The van der Waals surface area contributed by atoms with Gasteiger partial charge in [-0.05, 0) is 36.1 Å². The van der Waals surface area contributed by atoms with E-state index in [0.717, 1.165) is 42.3 Å². The van der Waals surface area contributed by atoms with Gasteiger partial charge in [0.25, 0.3) is 5.91 Å². The quantitative estimate of drug-likeness (QED) is 0.703. The van der Waals surface area contributed by atoms with Crippen molar-refractivity contribution in [1.29, 1.82) is 0 Å². The molecule has 4 rings (SSSR count). The number of amides is 1. The molecule has 3 aromatic rings. The summed E-state index contributed by atoms with van der Waals surface area (Å²) in [6.45, 7) is 1.53. The average molecular weight is 400 g/mol. The Kier molecular flexibility index (Phi) is 5.50. The maximum atomic E-state index is 12.9. The molecule has 1 aliphatic rings. The number of H-pyrrole nitrogens is 1. The molecule has 0 bridgehead atoms. The number of carbonyl (C=O) groups is 1. The molecule has 1 fully saturated rings. The van der Waals surface area contributed by atoms with Crippen molar-refractivity contribution in [2.24, 2.45) is 0 Å². The highest BCUT2D eigenvalue weighted by atomic mass is 32.2. The van der Waals surface area contributed by atoms with Crippen molar-refractivity contribution in [1.82, 2.24) is 15.1 Å². The van der Waals surface area contributed by atoms with Crippen LogP contribution >= 0.6 is 23.1 Å². The standard InChI is InChI=1S/C20H21N3O2S2/c1-25-15-5-2-4-14(12-15)16-13-17(22-21-16)20(24)23-8-7-19(27-11-9-23)18-6-3-10-26-18/h2-6,10,12-13,19H,7-9,11H2,1H3,(H,21,22). The maximum absolute atomic E-state index is 12.9. The van der Waals surface area contributed by atoms with Crippen molar-refractivity contribution in [2.45, 2.75) is 11.7 Å². The van der Waals surface area contributed by atoms with E-state index in [9.17, 15) is 4.79 Å². The smallest absolute Gasteiger partial charge is 0.271 e. The summed E-state index contributed by atoms with van der Waals surface area (Å²) in [4.78, 5) is 16.3. The molecular formula is C20H21N3O2S2. The SMILES string of the molecule is COc1cccc(-c2cc(C(=O)N3CCSC(c4cccs4)CC3)[nH]n2)c1. The second kappa shape index (κ2) is 8.19. The van der Waals surface area contributed by atoms with Gasteiger partial charge >= 0.3 is 0 Å². The summed E-state index contributed by atoms with van der Waals surface area (Å²) in [5.41, 5.74) is 2.21. The minimum Gasteiger partial charge on any atom is -0.497 e. The van der Waals surface area contributed by atoms with E-state index in [1.165, 1.54) is 4.88 Å². The molecule has 1 amide bonds. The van der Waals surface area contributed by atoms with Gasteiger partial charge in [-0.15, -0.1) is 11.3 Å². The Balaban J connectivity index is 1.46. The summed E-state index contributed by atoms with van der Waals surface area (Å²) in [5.74, 6) is 1.74. The molecule has 0 radical (unpaired) electrons. The fraction of sp³-hybridized carbons (Fsp3) is 0.300. The number of hydrogen-bond donors (Lipinski definition) is 1. The molecule has 1 saturated heterocycles. The van der Waals surface area contributed by atoms with E-state index in [1.807, 2.05) is 47.0 Å². The first-order valence-electron chi connectivity index (χ1n) is 8.88. The largest absolute Gasteiger partial charge is 0.497 e. The number of ether oxygens (including phenoxy) is 1. The van der Waals surface area contributed by atoms with Crippen molar-refractivity contribution in [3.05, 3.63) is 58.4 Å². The summed E-state index contributed by atoms with van der Waals surface area (Å²) in [6.07, 6.45) is 0.980. The summed E-state index contributed by atoms with van der Waals surface area (Å²) in [6, 6.07) is 13.8. The molecule has 140 valence electrons. The van der Waals surface area contributed by atoms with Crippen LogP contribution in [0.1, 0.15) is 27.0 Å².